The fourth-order valence-electron chi connectivity index (χ4n) is 9.84. The van der Waals surface area contributed by atoms with E-state index in [-0.39, 0.29) is 30.0 Å². The first kappa shape index (κ1) is 41.0. The zero-order valence-corrected chi connectivity index (χ0v) is 35.5. The third-order valence-corrected chi connectivity index (χ3v) is 13.8. The van der Waals surface area contributed by atoms with Crippen LogP contribution in [0.5, 0.6) is 0 Å². The number of amides is 3. The van der Waals surface area contributed by atoms with E-state index in [1.165, 1.54) is 5.56 Å². The highest BCUT2D eigenvalue weighted by atomic mass is 35.5. The Hall–Kier alpha value is -5.37. The van der Waals surface area contributed by atoms with Gasteiger partial charge in [0.25, 0.3) is 0 Å². The molecule has 0 spiro atoms. The highest BCUT2D eigenvalue weighted by molar-refractivity contribution is 6.33. The summed E-state index contributed by atoms with van der Waals surface area (Å²) >= 11 is 6.61. The maximum absolute atomic E-state index is 13.6. The van der Waals surface area contributed by atoms with Crippen LogP contribution in [-0.4, -0.2) is 110 Å². The summed E-state index contributed by atoms with van der Waals surface area (Å²) in [6.07, 6.45) is 7.82. The van der Waals surface area contributed by atoms with Crippen molar-refractivity contribution in [1.82, 2.24) is 39.1 Å². The van der Waals surface area contributed by atoms with Crippen LogP contribution in [0.2, 0.25) is 5.02 Å². The van der Waals surface area contributed by atoms with Crippen molar-refractivity contribution in [2.75, 3.05) is 57.7 Å². The average Bonchev–Trinajstić information content (AvgIpc) is 3.54. The van der Waals surface area contributed by atoms with Crippen molar-refractivity contribution < 1.29 is 14.4 Å². The molecule has 0 aliphatic carbocycles. The molecule has 4 aliphatic rings. The van der Waals surface area contributed by atoms with Crippen molar-refractivity contribution in [3.05, 3.63) is 100 Å². The van der Waals surface area contributed by atoms with E-state index < -0.39 is 11.9 Å². The Labute approximate surface area is 361 Å². The first-order chi connectivity index (χ1) is 29.7. The van der Waals surface area contributed by atoms with Gasteiger partial charge in [0.05, 0.1) is 27.9 Å². The van der Waals surface area contributed by atoms with Crippen LogP contribution in [0.3, 0.4) is 0 Å². The number of nitrogens with zero attached hydrogens (tertiary/aromatic N) is 7. The van der Waals surface area contributed by atoms with E-state index in [0.717, 1.165) is 119 Å². The first-order valence-electron chi connectivity index (χ1n) is 21.9. The zero-order valence-electron chi connectivity index (χ0n) is 34.8. The molecule has 2 aromatic heterocycles. The maximum atomic E-state index is 13.6. The van der Waals surface area contributed by atoms with Gasteiger partial charge in [-0.25, -0.2) is 14.8 Å². The Morgan fingerprint density at radius 3 is 2.18 bits per heavy atom. The Bertz CT molecular complexity index is 2460. The number of likely N-dealkylation sites (tertiary alicyclic amines) is 3. The lowest BCUT2D eigenvalue weighted by molar-refractivity contribution is -0.138. The minimum atomic E-state index is -0.676. The van der Waals surface area contributed by atoms with E-state index in [1.54, 1.807) is 22.4 Å². The molecule has 14 heteroatoms. The molecule has 5 aromatic rings. The van der Waals surface area contributed by atoms with E-state index in [1.807, 2.05) is 36.4 Å². The summed E-state index contributed by atoms with van der Waals surface area (Å²) < 4.78 is 3.17. The normalized spacial score (nSPS) is 20.3. The van der Waals surface area contributed by atoms with Crippen molar-refractivity contribution in [3.63, 3.8) is 0 Å². The van der Waals surface area contributed by atoms with Gasteiger partial charge in [0, 0.05) is 57.2 Å². The Balaban J connectivity index is 0.706. The molecule has 61 heavy (non-hydrogen) atoms. The van der Waals surface area contributed by atoms with Crippen LogP contribution in [0, 0.1) is 5.92 Å². The molecule has 9 rings (SSSR count). The van der Waals surface area contributed by atoms with E-state index in [2.05, 4.69) is 66.7 Å². The summed E-state index contributed by atoms with van der Waals surface area (Å²) in [6.45, 7) is 7.43. The van der Waals surface area contributed by atoms with Crippen molar-refractivity contribution in [1.29, 1.82) is 0 Å². The van der Waals surface area contributed by atoms with Gasteiger partial charge in [0.15, 0.2) is 0 Å². The largest absolute Gasteiger partial charge is 0.351 e. The SMILES string of the molecule is Cn1c(=O)n(C2CCC(=O)NC2=O)c2ccc(C3CCN(CCN4CCC(C(=O)N5CCC(Nc6ncc(Cl)c(-c7cccc(-c8ccccc8)c7)n6)CC5)CC4)CC3)cc21. The minimum absolute atomic E-state index is 0.0862. The smallest absolute Gasteiger partial charge is 0.329 e. The highest BCUT2D eigenvalue weighted by Gasteiger charge is 2.33. The molecule has 0 radical (unpaired) electrons. The number of carbonyl (C=O) groups excluding carboxylic acids is 3. The number of aromatic nitrogens is 4. The quantitative estimate of drug-likeness (QED) is 0.160. The summed E-state index contributed by atoms with van der Waals surface area (Å²) in [5.41, 5.74) is 6.41. The number of nitrogens with one attached hydrogen (secondary N) is 2. The topological polar surface area (TPSA) is 138 Å². The number of aryl methyl sites for hydroxylation is 1. The average molecular weight is 844 g/mol. The first-order valence-corrected chi connectivity index (χ1v) is 22.3. The Morgan fingerprint density at radius 1 is 0.770 bits per heavy atom. The van der Waals surface area contributed by atoms with Crippen molar-refractivity contribution in [3.8, 4) is 22.4 Å². The predicted octanol–water partition coefficient (Wildman–Crippen LogP) is 6.09. The molecule has 0 bridgehead atoms. The lowest BCUT2D eigenvalue weighted by Gasteiger charge is -2.38. The van der Waals surface area contributed by atoms with Crippen molar-refractivity contribution in [2.45, 2.75) is 69.4 Å². The van der Waals surface area contributed by atoms with Crippen LogP contribution in [-0.2, 0) is 21.4 Å². The van der Waals surface area contributed by atoms with Crippen LogP contribution in [0.25, 0.3) is 33.4 Å². The lowest BCUT2D eigenvalue weighted by Crippen LogP contribution is -2.48. The second-order valence-electron chi connectivity index (χ2n) is 17.2. The van der Waals surface area contributed by atoms with Gasteiger partial charge in [-0.05, 0) is 112 Å². The molecule has 318 valence electrons. The number of benzene rings is 3. The number of carbonyl (C=O) groups is 3. The molecule has 4 aliphatic heterocycles. The summed E-state index contributed by atoms with van der Waals surface area (Å²) in [7, 11) is 1.75. The summed E-state index contributed by atoms with van der Waals surface area (Å²) in [5, 5.41) is 6.42. The molecule has 3 amide bonds. The third kappa shape index (κ3) is 8.87. The molecule has 1 atom stereocenters. The van der Waals surface area contributed by atoms with Crippen LogP contribution < -0.4 is 16.3 Å². The summed E-state index contributed by atoms with van der Waals surface area (Å²) in [4.78, 5) is 67.7. The zero-order chi connectivity index (χ0) is 42.0. The molecule has 0 saturated carbocycles. The fraction of sp³-hybridized carbons (Fsp3) is 0.447. The van der Waals surface area contributed by atoms with Gasteiger partial charge in [-0.1, -0.05) is 66.2 Å². The van der Waals surface area contributed by atoms with E-state index >= 15 is 0 Å². The van der Waals surface area contributed by atoms with E-state index in [9.17, 15) is 19.2 Å². The van der Waals surface area contributed by atoms with Gasteiger partial charge in [0.2, 0.25) is 23.7 Å². The standard InChI is InChI=1S/C47H54ClN9O4/c1-53-41-29-35(10-11-39(41)57(47(53)61)40-12-13-42(58)51-44(40)59)32-14-20-54(21-15-32)26-27-55-22-16-33(17-23-55)45(60)56-24-18-37(19-25-56)50-46-49-30-38(48)43(52-46)36-9-5-8-34(28-36)31-6-3-2-4-7-31/h2-11,28-30,32-33,37,40H,12-27H2,1H3,(H,49,50,52)(H,51,58,59). The summed E-state index contributed by atoms with van der Waals surface area (Å²) in [6, 6.07) is 24.2. The predicted molar refractivity (Wildman–Crippen MR) is 237 cm³/mol. The molecule has 1 unspecified atom stereocenters. The van der Waals surface area contributed by atoms with Crippen molar-refractivity contribution >= 4 is 46.3 Å². The number of rotatable bonds is 10. The third-order valence-electron chi connectivity index (χ3n) is 13.5. The Kier molecular flexibility index (Phi) is 12.0. The van der Waals surface area contributed by atoms with Gasteiger partial charge < -0.3 is 20.0 Å². The molecule has 13 nitrogen and oxygen atoms in total. The van der Waals surface area contributed by atoms with Gasteiger partial charge >= 0.3 is 5.69 Å². The molecule has 4 fully saturated rings. The molecule has 4 saturated heterocycles. The van der Waals surface area contributed by atoms with Crippen LogP contribution in [0.4, 0.5) is 5.95 Å². The van der Waals surface area contributed by atoms with E-state index in [0.29, 0.717) is 34.9 Å². The monoisotopic (exact) mass is 843 g/mol. The number of hydrogen-bond donors (Lipinski definition) is 2. The van der Waals surface area contributed by atoms with Gasteiger partial charge in [-0.3, -0.25) is 28.8 Å². The second-order valence-corrected chi connectivity index (χ2v) is 17.6. The van der Waals surface area contributed by atoms with Crippen LogP contribution in [0.1, 0.15) is 68.9 Å². The minimum Gasteiger partial charge on any atom is -0.351 e. The number of imide groups is 1. The number of anilines is 1. The number of hydrogen-bond acceptors (Lipinski definition) is 9. The van der Waals surface area contributed by atoms with E-state index in [4.69, 9.17) is 16.6 Å². The number of halogens is 1. The molecular formula is C47H54ClN9O4. The summed E-state index contributed by atoms with van der Waals surface area (Å²) in [5.74, 6) is 0.644. The molecule has 6 heterocycles. The molecule has 3 aromatic carbocycles. The fourth-order valence-corrected chi connectivity index (χ4v) is 10.0. The van der Waals surface area contributed by atoms with Crippen LogP contribution in [0.15, 0.2) is 83.8 Å². The van der Waals surface area contributed by atoms with Crippen molar-refractivity contribution in [2.24, 2.45) is 13.0 Å². The second kappa shape index (κ2) is 17.9. The Morgan fingerprint density at radius 2 is 1.46 bits per heavy atom. The van der Waals surface area contributed by atoms with Crippen LogP contribution >= 0.6 is 11.6 Å². The number of piperidine rings is 4. The molecule has 2 N–H and O–H groups in total. The number of fused-ring (bicyclic) bond motifs is 1. The van der Waals surface area contributed by atoms with Gasteiger partial charge in [-0.15, -0.1) is 0 Å². The lowest BCUT2D eigenvalue weighted by atomic mass is 9.89. The molecular weight excluding hydrogens is 790 g/mol. The number of imidazole rings is 1. The highest BCUT2D eigenvalue weighted by Crippen LogP contribution is 2.33. The maximum Gasteiger partial charge on any atom is 0.329 e. The van der Waals surface area contributed by atoms with Gasteiger partial charge in [-0.2, -0.15) is 0 Å². The van der Waals surface area contributed by atoms with Gasteiger partial charge in [0.1, 0.15) is 6.04 Å².